The minimum atomic E-state index is -0.0254. The summed E-state index contributed by atoms with van der Waals surface area (Å²) < 4.78 is 6.32. The third-order valence-corrected chi connectivity index (χ3v) is 10.7. The van der Waals surface area contributed by atoms with Crippen molar-refractivity contribution in [1.29, 1.82) is 0 Å². The third-order valence-electron chi connectivity index (χ3n) is 10.7. The SMILES string of the molecule is CC1(C)c2ccccc2-c2cc3ccc4ccc(-c5cccc(-c6ccc(-c7cccc8c7oc7ccccc78)cc6)c5)cc4c3cc21. The van der Waals surface area contributed by atoms with E-state index in [1.54, 1.807) is 0 Å². The van der Waals surface area contributed by atoms with Gasteiger partial charge in [0.25, 0.3) is 0 Å². The molecule has 48 heavy (non-hydrogen) atoms. The highest BCUT2D eigenvalue weighted by atomic mass is 16.3. The van der Waals surface area contributed by atoms with Gasteiger partial charge in [-0.1, -0.05) is 141 Å². The van der Waals surface area contributed by atoms with Crippen LogP contribution in [0, 0.1) is 0 Å². The summed E-state index contributed by atoms with van der Waals surface area (Å²) in [4.78, 5) is 0. The maximum Gasteiger partial charge on any atom is 0.143 e. The van der Waals surface area contributed by atoms with Crippen LogP contribution in [-0.2, 0) is 5.41 Å². The van der Waals surface area contributed by atoms with Gasteiger partial charge in [0.1, 0.15) is 11.2 Å². The summed E-state index contributed by atoms with van der Waals surface area (Å²) in [5, 5.41) is 7.49. The van der Waals surface area contributed by atoms with Crippen LogP contribution in [0.2, 0.25) is 0 Å². The number of rotatable bonds is 3. The normalized spacial score (nSPS) is 13.4. The first-order valence-electron chi connectivity index (χ1n) is 16.8. The van der Waals surface area contributed by atoms with Gasteiger partial charge in [-0.05, 0) is 102 Å². The summed E-state index contributed by atoms with van der Waals surface area (Å²) in [6.45, 7) is 4.72. The highest BCUT2D eigenvalue weighted by Crippen LogP contribution is 2.50. The molecule has 1 heteroatoms. The van der Waals surface area contributed by atoms with Gasteiger partial charge in [-0.15, -0.1) is 0 Å². The number of fused-ring (bicyclic) bond motifs is 9. The van der Waals surface area contributed by atoms with Crippen LogP contribution in [0.25, 0.3) is 88.0 Å². The Hall–Kier alpha value is -5.92. The maximum atomic E-state index is 6.32. The second-order valence-corrected chi connectivity index (χ2v) is 13.7. The summed E-state index contributed by atoms with van der Waals surface area (Å²) in [5.41, 5.74) is 14.5. The van der Waals surface area contributed by atoms with Gasteiger partial charge >= 0.3 is 0 Å². The second-order valence-electron chi connectivity index (χ2n) is 13.7. The van der Waals surface area contributed by atoms with Crippen molar-refractivity contribution < 1.29 is 4.42 Å². The Balaban J connectivity index is 1.03. The maximum absolute atomic E-state index is 6.32. The fraction of sp³-hybridized carbons (Fsp3) is 0.0638. The van der Waals surface area contributed by atoms with Crippen molar-refractivity contribution in [2.45, 2.75) is 19.3 Å². The average Bonchev–Trinajstić information content (AvgIpc) is 3.63. The van der Waals surface area contributed by atoms with Crippen LogP contribution in [-0.4, -0.2) is 0 Å². The standard InChI is InChI=1S/C47H32O/c1-47(2)43-15-5-3-11-37(43)42-27-35-24-22-31-21-23-34(26-40(31)41(35)28-44(42)47)33-10-7-9-32(25-33)29-17-19-30(20-18-29)36-13-8-14-39-38-12-4-6-16-45(38)48-46(36)39/h3-28H,1-2H3. The van der Waals surface area contributed by atoms with E-state index in [-0.39, 0.29) is 5.41 Å². The molecule has 10 rings (SSSR count). The fourth-order valence-corrected chi connectivity index (χ4v) is 8.12. The highest BCUT2D eigenvalue weighted by molar-refractivity contribution is 6.11. The molecule has 226 valence electrons. The first kappa shape index (κ1) is 27.2. The zero-order chi connectivity index (χ0) is 32.0. The number of hydrogen-bond acceptors (Lipinski definition) is 1. The molecule has 9 aromatic rings. The number of para-hydroxylation sites is 2. The van der Waals surface area contributed by atoms with Gasteiger partial charge < -0.3 is 4.42 Å². The molecule has 0 radical (unpaired) electrons. The van der Waals surface area contributed by atoms with E-state index in [1.807, 2.05) is 12.1 Å². The van der Waals surface area contributed by atoms with Crippen molar-refractivity contribution in [3.8, 4) is 44.5 Å². The van der Waals surface area contributed by atoms with Crippen molar-refractivity contribution in [2.75, 3.05) is 0 Å². The fourth-order valence-electron chi connectivity index (χ4n) is 8.12. The van der Waals surface area contributed by atoms with E-state index in [9.17, 15) is 0 Å². The van der Waals surface area contributed by atoms with Crippen LogP contribution in [0.15, 0.2) is 162 Å². The molecule has 0 saturated carbocycles. The van der Waals surface area contributed by atoms with Crippen molar-refractivity contribution in [2.24, 2.45) is 0 Å². The number of hydrogen-bond donors (Lipinski definition) is 0. The Morgan fingerprint density at radius 2 is 1.00 bits per heavy atom. The molecule has 0 N–H and O–H groups in total. The number of furan rings is 1. The van der Waals surface area contributed by atoms with Gasteiger partial charge in [-0.3, -0.25) is 0 Å². The van der Waals surface area contributed by atoms with Gasteiger partial charge in [-0.2, -0.15) is 0 Å². The average molecular weight is 613 g/mol. The van der Waals surface area contributed by atoms with Gasteiger partial charge in [0.05, 0.1) is 0 Å². The predicted molar refractivity (Wildman–Crippen MR) is 203 cm³/mol. The topological polar surface area (TPSA) is 13.1 Å². The summed E-state index contributed by atoms with van der Waals surface area (Å²) in [5.74, 6) is 0. The summed E-state index contributed by atoms with van der Waals surface area (Å²) in [6.07, 6.45) is 0. The Bertz CT molecular complexity index is 2740. The van der Waals surface area contributed by atoms with E-state index >= 15 is 0 Å². The molecule has 0 unspecified atom stereocenters. The first-order valence-corrected chi connectivity index (χ1v) is 16.8. The van der Waals surface area contributed by atoms with Gasteiger partial charge in [0.2, 0.25) is 0 Å². The minimum Gasteiger partial charge on any atom is -0.455 e. The van der Waals surface area contributed by atoms with E-state index in [4.69, 9.17) is 4.42 Å². The van der Waals surface area contributed by atoms with Crippen LogP contribution in [0.1, 0.15) is 25.0 Å². The predicted octanol–water partition coefficient (Wildman–Crippen LogP) is 13.2. The third kappa shape index (κ3) is 3.98. The number of benzene rings is 8. The molecular formula is C47H32O. The van der Waals surface area contributed by atoms with E-state index in [2.05, 4.69) is 159 Å². The lowest BCUT2D eigenvalue weighted by Crippen LogP contribution is -2.14. The van der Waals surface area contributed by atoms with Gasteiger partial charge in [-0.25, -0.2) is 0 Å². The first-order chi connectivity index (χ1) is 23.5. The highest BCUT2D eigenvalue weighted by Gasteiger charge is 2.35. The lowest BCUT2D eigenvalue weighted by Gasteiger charge is -2.22. The summed E-state index contributed by atoms with van der Waals surface area (Å²) in [7, 11) is 0. The molecular weight excluding hydrogens is 581 g/mol. The molecule has 0 spiro atoms. The van der Waals surface area contributed by atoms with Crippen LogP contribution in [0.5, 0.6) is 0 Å². The molecule has 1 aromatic heterocycles. The monoisotopic (exact) mass is 612 g/mol. The lowest BCUT2D eigenvalue weighted by atomic mass is 9.81. The smallest absolute Gasteiger partial charge is 0.143 e. The zero-order valence-electron chi connectivity index (χ0n) is 26.9. The molecule has 0 saturated heterocycles. The van der Waals surface area contributed by atoms with E-state index in [1.165, 1.54) is 66.1 Å². The van der Waals surface area contributed by atoms with Crippen molar-refractivity contribution in [3.63, 3.8) is 0 Å². The molecule has 1 aliphatic rings. The molecule has 0 amide bonds. The quantitative estimate of drug-likeness (QED) is 0.181. The van der Waals surface area contributed by atoms with Crippen LogP contribution < -0.4 is 0 Å². The second kappa shape index (κ2) is 10.0. The Morgan fingerprint density at radius 3 is 1.90 bits per heavy atom. The van der Waals surface area contributed by atoms with E-state index in [0.717, 1.165) is 33.1 Å². The summed E-state index contributed by atoms with van der Waals surface area (Å²) >= 11 is 0. The van der Waals surface area contributed by atoms with Crippen LogP contribution in [0.4, 0.5) is 0 Å². The molecule has 8 aromatic carbocycles. The van der Waals surface area contributed by atoms with Crippen LogP contribution in [0.3, 0.4) is 0 Å². The van der Waals surface area contributed by atoms with Gasteiger partial charge in [0.15, 0.2) is 0 Å². The molecule has 1 aliphatic carbocycles. The van der Waals surface area contributed by atoms with Gasteiger partial charge in [0, 0.05) is 21.8 Å². The van der Waals surface area contributed by atoms with Crippen molar-refractivity contribution in [3.05, 3.63) is 169 Å². The molecule has 0 atom stereocenters. The molecule has 0 fully saturated rings. The van der Waals surface area contributed by atoms with E-state index in [0.29, 0.717) is 0 Å². The Kier molecular flexibility index (Phi) is 5.69. The summed E-state index contributed by atoms with van der Waals surface area (Å²) in [6, 6.07) is 57.7. The van der Waals surface area contributed by atoms with Crippen LogP contribution >= 0.6 is 0 Å². The van der Waals surface area contributed by atoms with Crippen molar-refractivity contribution >= 4 is 43.5 Å². The van der Waals surface area contributed by atoms with Crippen molar-refractivity contribution in [1.82, 2.24) is 0 Å². The Labute approximate surface area is 279 Å². The molecule has 1 heterocycles. The molecule has 0 aliphatic heterocycles. The van der Waals surface area contributed by atoms with E-state index < -0.39 is 0 Å². The largest absolute Gasteiger partial charge is 0.455 e. The molecule has 0 bridgehead atoms. The zero-order valence-corrected chi connectivity index (χ0v) is 26.9. The minimum absolute atomic E-state index is 0.0254. The lowest BCUT2D eigenvalue weighted by molar-refractivity contribution is 0.661. The Morgan fingerprint density at radius 1 is 0.375 bits per heavy atom. The molecule has 1 nitrogen and oxygen atoms in total.